The van der Waals surface area contributed by atoms with Gasteiger partial charge in [0.25, 0.3) is 5.82 Å². The number of H-pyrrole nitrogens is 1. The number of carbonyl (C=O) groups excluding carboxylic acids is 1. The second-order valence-corrected chi connectivity index (χ2v) is 3.99. The number of rotatable bonds is 4. The van der Waals surface area contributed by atoms with Crippen LogP contribution in [0.4, 0.5) is 0 Å². The molecule has 0 aliphatic carbocycles. The molecule has 5 heteroatoms. The number of hydrogen-bond acceptors (Lipinski definition) is 4. The smallest absolute Gasteiger partial charge is 0.378 e. The predicted molar refractivity (Wildman–Crippen MR) is 66.3 cm³/mol. The maximum absolute atomic E-state index is 11.4. The number of hydrogen-bond donors (Lipinski definition) is 1. The van der Waals surface area contributed by atoms with Crippen LogP contribution in [0, 0.1) is 6.92 Å². The molecule has 1 N–H and O–H groups in total. The fourth-order valence-corrected chi connectivity index (χ4v) is 1.56. The third-order valence-corrected chi connectivity index (χ3v) is 2.48. The predicted octanol–water partition coefficient (Wildman–Crippen LogP) is 1.88. The van der Waals surface area contributed by atoms with Crippen LogP contribution in [0.15, 0.2) is 24.3 Å². The van der Waals surface area contributed by atoms with Crippen molar-refractivity contribution in [2.45, 2.75) is 20.3 Å². The minimum Gasteiger partial charge on any atom is -0.460 e. The van der Waals surface area contributed by atoms with Crippen LogP contribution in [0.1, 0.15) is 34.5 Å². The van der Waals surface area contributed by atoms with Crippen LogP contribution >= 0.6 is 0 Å². The highest BCUT2D eigenvalue weighted by atomic mass is 16.5. The van der Waals surface area contributed by atoms with Gasteiger partial charge in [0.1, 0.15) is 5.82 Å². The minimum atomic E-state index is -0.496. The summed E-state index contributed by atoms with van der Waals surface area (Å²) in [6, 6.07) is 8.14. The van der Waals surface area contributed by atoms with Gasteiger partial charge < -0.3 is 4.74 Å². The number of benzene rings is 1. The Bertz CT molecular complexity index is 531. The lowest BCUT2D eigenvalue weighted by atomic mass is 10.1. The zero-order valence-electron chi connectivity index (χ0n) is 10.4. The van der Waals surface area contributed by atoms with E-state index in [0.717, 1.165) is 5.56 Å². The van der Waals surface area contributed by atoms with Gasteiger partial charge in [-0.25, -0.2) is 9.78 Å². The van der Waals surface area contributed by atoms with Crippen LogP contribution in [0.5, 0.6) is 0 Å². The number of nitrogens with one attached hydrogen (secondary N) is 1. The van der Waals surface area contributed by atoms with E-state index in [4.69, 9.17) is 4.74 Å². The molecule has 0 saturated carbocycles. The van der Waals surface area contributed by atoms with Gasteiger partial charge in [-0.05, 0) is 19.4 Å². The summed E-state index contributed by atoms with van der Waals surface area (Å²) < 4.78 is 4.82. The molecule has 94 valence electrons. The summed E-state index contributed by atoms with van der Waals surface area (Å²) in [7, 11) is 0. The largest absolute Gasteiger partial charge is 0.460 e. The van der Waals surface area contributed by atoms with Crippen molar-refractivity contribution in [3.8, 4) is 0 Å². The molecule has 1 aromatic carbocycles. The lowest BCUT2D eigenvalue weighted by Gasteiger charge is -1.98. The van der Waals surface area contributed by atoms with E-state index < -0.39 is 5.97 Å². The normalized spacial score (nSPS) is 10.3. The summed E-state index contributed by atoms with van der Waals surface area (Å²) in [6.45, 7) is 4.11. The number of carbonyl (C=O) groups is 1. The highest BCUT2D eigenvalue weighted by Crippen LogP contribution is 2.07. The molecule has 18 heavy (non-hydrogen) atoms. The van der Waals surface area contributed by atoms with E-state index in [2.05, 4.69) is 15.2 Å². The third kappa shape index (κ3) is 2.94. The van der Waals surface area contributed by atoms with Crippen LogP contribution in [-0.4, -0.2) is 27.8 Å². The number of esters is 1. The van der Waals surface area contributed by atoms with Crippen molar-refractivity contribution >= 4 is 5.97 Å². The third-order valence-electron chi connectivity index (χ3n) is 2.48. The molecule has 0 atom stereocenters. The van der Waals surface area contributed by atoms with Gasteiger partial charge in [-0.15, -0.1) is 5.10 Å². The van der Waals surface area contributed by atoms with Gasteiger partial charge in [-0.3, -0.25) is 5.10 Å². The highest BCUT2D eigenvalue weighted by Gasteiger charge is 2.13. The maximum atomic E-state index is 11.4. The van der Waals surface area contributed by atoms with Crippen molar-refractivity contribution in [2.24, 2.45) is 0 Å². The van der Waals surface area contributed by atoms with Crippen LogP contribution in [0.3, 0.4) is 0 Å². The molecule has 0 radical (unpaired) electrons. The minimum absolute atomic E-state index is 0.0824. The first kappa shape index (κ1) is 12.3. The average Bonchev–Trinajstić information content (AvgIpc) is 2.81. The van der Waals surface area contributed by atoms with Crippen molar-refractivity contribution in [1.82, 2.24) is 15.2 Å². The number of aryl methyl sites for hydroxylation is 1. The quantitative estimate of drug-likeness (QED) is 0.835. The highest BCUT2D eigenvalue weighted by molar-refractivity contribution is 5.84. The monoisotopic (exact) mass is 245 g/mol. The standard InChI is InChI=1S/C13H15N3O2/c1-3-18-13(17)12-14-11(15-16-12)8-10-6-4-9(2)5-7-10/h4-7H,3,8H2,1-2H3,(H,14,15,16). The van der Waals surface area contributed by atoms with Crippen molar-refractivity contribution in [2.75, 3.05) is 6.61 Å². The Morgan fingerprint density at radius 3 is 2.72 bits per heavy atom. The van der Waals surface area contributed by atoms with Gasteiger partial charge >= 0.3 is 5.97 Å². The first-order valence-electron chi connectivity index (χ1n) is 5.83. The topological polar surface area (TPSA) is 67.9 Å². The average molecular weight is 245 g/mol. The number of ether oxygens (including phenoxy) is 1. The fourth-order valence-electron chi connectivity index (χ4n) is 1.56. The molecule has 0 bridgehead atoms. The Hall–Kier alpha value is -2.17. The molecule has 2 aromatic rings. The Balaban J connectivity index is 2.06. The second-order valence-electron chi connectivity index (χ2n) is 3.99. The van der Waals surface area contributed by atoms with E-state index in [1.54, 1.807) is 6.92 Å². The molecular formula is C13H15N3O2. The Morgan fingerprint density at radius 1 is 1.33 bits per heavy atom. The molecule has 1 aromatic heterocycles. The summed E-state index contributed by atoms with van der Waals surface area (Å²) in [6.07, 6.45) is 0.618. The molecular weight excluding hydrogens is 230 g/mol. The summed E-state index contributed by atoms with van der Waals surface area (Å²) in [4.78, 5) is 15.5. The van der Waals surface area contributed by atoms with Crippen LogP contribution < -0.4 is 0 Å². The van der Waals surface area contributed by atoms with Crippen molar-refractivity contribution in [1.29, 1.82) is 0 Å². The summed E-state index contributed by atoms with van der Waals surface area (Å²) >= 11 is 0. The number of nitrogens with zero attached hydrogens (tertiary/aromatic N) is 2. The molecule has 5 nitrogen and oxygen atoms in total. The van der Waals surface area contributed by atoms with Crippen LogP contribution in [-0.2, 0) is 11.2 Å². The van der Waals surface area contributed by atoms with Gasteiger partial charge in [0.15, 0.2) is 0 Å². The number of aromatic amines is 1. The zero-order valence-corrected chi connectivity index (χ0v) is 10.4. The van der Waals surface area contributed by atoms with Gasteiger partial charge in [0, 0.05) is 6.42 Å². The van der Waals surface area contributed by atoms with E-state index in [1.807, 2.05) is 31.2 Å². The Morgan fingerprint density at radius 2 is 2.06 bits per heavy atom. The zero-order chi connectivity index (χ0) is 13.0. The Kier molecular flexibility index (Phi) is 3.72. The molecule has 0 saturated heterocycles. The van der Waals surface area contributed by atoms with Gasteiger partial charge in [-0.1, -0.05) is 29.8 Å². The SMILES string of the molecule is CCOC(=O)c1n[nH]c(Cc2ccc(C)cc2)n1. The van der Waals surface area contributed by atoms with Crippen molar-refractivity contribution < 1.29 is 9.53 Å². The molecule has 0 aliphatic heterocycles. The Labute approximate surface area is 105 Å². The van der Waals surface area contributed by atoms with E-state index >= 15 is 0 Å². The molecule has 0 amide bonds. The summed E-state index contributed by atoms with van der Waals surface area (Å²) in [5.74, 6) is 0.241. The molecule has 0 spiro atoms. The van der Waals surface area contributed by atoms with Gasteiger partial charge in [-0.2, -0.15) is 0 Å². The molecule has 1 heterocycles. The van der Waals surface area contributed by atoms with Gasteiger partial charge in [0.05, 0.1) is 6.61 Å². The molecule has 0 aliphatic rings. The molecule has 2 rings (SSSR count). The second kappa shape index (κ2) is 5.44. The van der Waals surface area contributed by atoms with Gasteiger partial charge in [0.2, 0.25) is 0 Å². The lowest BCUT2D eigenvalue weighted by molar-refractivity contribution is 0.0512. The summed E-state index contributed by atoms with van der Waals surface area (Å²) in [5, 5.41) is 6.58. The molecule has 0 fully saturated rings. The first-order chi connectivity index (χ1) is 8.69. The lowest BCUT2D eigenvalue weighted by Crippen LogP contribution is -2.06. The summed E-state index contributed by atoms with van der Waals surface area (Å²) in [5.41, 5.74) is 2.33. The van der Waals surface area contributed by atoms with E-state index in [0.29, 0.717) is 18.9 Å². The number of aromatic nitrogens is 3. The fraction of sp³-hybridized carbons (Fsp3) is 0.308. The maximum Gasteiger partial charge on any atom is 0.378 e. The van der Waals surface area contributed by atoms with Crippen molar-refractivity contribution in [3.05, 3.63) is 47.0 Å². The van der Waals surface area contributed by atoms with Crippen LogP contribution in [0.2, 0.25) is 0 Å². The van der Waals surface area contributed by atoms with E-state index in [9.17, 15) is 4.79 Å². The first-order valence-corrected chi connectivity index (χ1v) is 5.83. The van der Waals surface area contributed by atoms with Crippen LogP contribution in [0.25, 0.3) is 0 Å². The van der Waals surface area contributed by atoms with E-state index in [-0.39, 0.29) is 5.82 Å². The van der Waals surface area contributed by atoms with Crippen molar-refractivity contribution in [3.63, 3.8) is 0 Å². The molecule has 0 unspecified atom stereocenters. The van der Waals surface area contributed by atoms with E-state index in [1.165, 1.54) is 5.56 Å².